The summed E-state index contributed by atoms with van der Waals surface area (Å²) in [5.41, 5.74) is 2.98. The van der Waals surface area contributed by atoms with Gasteiger partial charge in [-0.15, -0.1) is 0 Å². The third-order valence-electron chi connectivity index (χ3n) is 4.32. The topological polar surface area (TPSA) is 74.2 Å². The van der Waals surface area contributed by atoms with Gasteiger partial charge in [-0.3, -0.25) is 5.32 Å². The van der Waals surface area contributed by atoms with Crippen molar-refractivity contribution in [1.29, 1.82) is 0 Å². The van der Waals surface area contributed by atoms with Gasteiger partial charge in [-0.1, -0.05) is 35.3 Å². The predicted molar refractivity (Wildman–Crippen MR) is 113 cm³/mol. The van der Waals surface area contributed by atoms with Gasteiger partial charge in [-0.2, -0.15) is 0 Å². The minimum Gasteiger partial charge on any atom is -0.392 e. The summed E-state index contributed by atoms with van der Waals surface area (Å²) in [6.07, 6.45) is 0. The summed E-state index contributed by atoms with van der Waals surface area (Å²) < 4.78 is 13.4. The number of anilines is 1. The van der Waals surface area contributed by atoms with Crippen molar-refractivity contribution in [2.24, 2.45) is 0 Å². The number of hydrogen-bond acceptors (Lipinski definition) is 3. The van der Waals surface area contributed by atoms with Gasteiger partial charge in [0.25, 0.3) is 0 Å². The summed E-state index contributed by atoms with van der Waals surface area (Å²) in [5, 5.41) is 15.9. The molecule has 0 bridgehead atoms. The molecule has 3 aromatic rings. The van der Waals surface area contributed by atoms with Gasteiger partial charge < -0.3 is 10.4 Å². The molecule has 1 aromatic heterocycles. The van der Waals surface area contributed by atoms with Crippen molar-refractivity contribution in [3.63, 3.8) is 0 Å². The van der Waals surface area contributed by atoms with Crippen LogP contribution in [0.25, 0.3) is 11.3 Å². The second-order valence-electron chi connectivity index (χ2n) is 6.33. The number of aryl methyl sites for hydroxylation is 1. The molecule has 2 aromatic carbocycles. The van der Waals surface area contributed by atoms with E-state index < -0.39 is 6.03 Å². The van der Waals surface area contributed by atoms with Crippen LogP contribution in [0.4, 0.5) is 15.0 Å². The number of amides is 2. The number of rotatable bonds is 5. The first-order chi connectivity index (χ1) is 13.9. The number of halogens is 3. The van der Waals surface area contributed by atoms with Crippen molar-refractivity contribution in [1.82, 2.24) is 10.3 Å². The first-order valence-corrected chi connectivity index (χ1v) is 9.49. The second-order valence-corrected chi connectivity index (χ2v) is 7.14. The monoisotopic (exact) mass is 433 g/mol. The number of aliphatic hydroxyl groups excluding tert-OH is 1. The number of hydrogen-bond donors (Lipinski definition) is 3. The SMILES string of the molecule is Cc1cc(F)ccc1-c1nc(NC(=O)NCc2c(Cl)cccc2Cl)ccc1CO. The van der Waals surface area contributed by atoms with Gasteiger partial charge in [0.05, 0.1) is 12.3 Å². The van der Waals surface area contributed by atoms with Crippen LogP contribution in [0.15, 0.2) is 48.5 Å². The molecule has 8 heteroatoms. The molecule has 0 unspecified atom stereocenters. The molecule has 0 atom stereocenters. The fourth-order valence-electron chi connectivity index (χ4n) is 2.84. The molecule has 0 radical (unpaired) electrons. The van der Waals surface area contributed by atoms with Crippen molar-refractivity contribution in [3.05, 3.63) is 81.1 Å². The highest BCUT2D eigenvalue weighted by Gasteiger charge is 2.13. The van der Waals surface area contributed by atoms with E-state index in [4.69, 9.17) is 23.2 Å². The fraction of sp³-hybridized carbons (Fsp3) is 0.143. The lowest BCUT2D eigenvalue weighted by Gasteiger charge is -2.13. The standard InChI is InChI=1S/C21H18Cl2FN3O2/c1-12-9-14(24)6-7-15(12)20-13(11-28)5-8-19(26-20)27-21(29)25-10-16-17(22)3-2-4-18(16)23/h2-9,28H,10-11H2,1H3,(H2,25,26,27,29). The highest BCUT2D eigenvalue weighted by atomic mass is 35.5. The quantitative estimate of drug-likeness (QED) is 0.509. The lowest BCUT2D eigenvalue weighted by atomic mass is 10.0. The lowest BCUT2D eigenvalue weighted by Crippen LogP contribution is -2.28. The molecule has 29 heavy (non-hydrogen) atoms. The van der Waals surface area contributed by atoms with Gasteiger partial charge in [0.2, 0.25) is 0 Å². The minimum atomic E-state index is -0.494. The zero-order chi connectivity index (χ0) is 21.0. The Morgan fingerprint density at radius 1 is 1.14 bits per heavy atom. The third-order valence-corrected chi connectivity index (χ3v) is 5.03. The van der Waals surface area contributed by atoms with E-state index in [1.54, 1.807) is 43.3 Å². The molecular formula is C21H18Cl2FN3O2. The predicted octanol–water partition coefficient (Wildman–Crippen LogP) is 5.32. The molecule has 0 fully saturated rings. The van der Waals surface area contributed by atoms with Crippen LogP contribution in [0.5, 0.6) is 0 Å². The second kappa shape index (κ2) is 9.22. The summed E-state index contributed by atoms with van der Waals surface area (Å²) in [6, 6.07) is 12.1. The van der Waals surface area contributed by atoms with Crippen molar-refractivity contribution < 1.29 is 14.3 Å². The van der Waals surface area contributed by atoms with Crippen molar-refractivity contribution in [2.75, 3.05) is 5.32 Å². The number of benzene rings is 2. The molecule has 150 valence electrons. The van der Waals surface area contributed by atoms with Crippen LogP contribution in [0, 0.1) is 12.7 Å². The molecule has 0 spiro atoms. The number of carbonyl (C=O) groups excluding carboxylic acids is 1. The maximum absolute atomic E-state index is 13.4. The summed E-state index contributed by atoms with van der Waals surface area (Å²) in [6.45, 7) is 1.65. The van der Waals surface area contributed by atoms with E-state index in [1.165, 1.54) is 12.1 Å². The Kier molecular flexibility index (Phi) is 6.69. The van der Waals surface area contributed by atoms with Gasteiger partial charge in [0.1, 0.15) is 11.6 Å². The normalized spacial score (nSPS) is 10.7. The Labute approximate surface area is 177 Å². The van der Waals surface area contributed by atoms with Crippen LogP contribution in [-0.2, 0) is 13.2 Å². The summed E-state index contributed by atoms with van der Waals surface area (Å²) in [4.78, 5) is 16.7. The number of nitrogens with one attached hydrogen (secondary N) is 2. The van der Waals surface area contributed by atoms with Gasteiger partial charge in [0, 0.05) is 33.3 Å². The number of pyridine rings is 1. The number of nitrogens with zero attached hydrogens (tertiary/aromatic N) is 1. The van der Waals surface area contributed by atoms with Crippen LogP contribution < -0.4 is 10.6 Å². The fourth-order valence-corrected chi connectivity index (χ4v) is 3.37. The number of aliphatic hydroxyl groups is 1. The van der Waals surface area contributed by atoms with E-state index >= 15 is 0 Å². The van der Waals surface area contributed by atoms with Crippen LogP contribution in [0.2, 0.25) is 10.0 Å². The van der Waals surface area contributed by atoms with E-state index in [0.29, 0.717) is 38.0 Å². The average Bonchev–Trinajstić information content (AvgIpc) is 2.67. The summed E-state index contributed by atoms with van der Waals surface area (Å²) >= 11 is 12.2. The van der Waals surface area contributed by atoms with E-state index in [2.05, 4.69) is 15.6 Å². The molecule has 0 aliphatic carbocycles. The molecule has 0 aliphatic heterocycles. The molecule has 1 heterocycles. The largest absolute Gasteiger partial charge is 0.392 e. The van der Waals surface area contributed by atoms with Crippen LogP contribution >= 0.6 is 23.2 Å². The van der Waals surface area contributed by atoms with E-state index in [0.717, 1.165) is 0 Å². The number of carbonyl (C=O) groups is 1. The Morgan fingerprint density at radius 3 is 2.52 bits per heavy atom. The smallest absolute Gasteiger partial charge is 0.320 e. The first kappa shape index (κ1) is 21.0. The Bertz CT molecular complexity index is 1040. The van der Waals surface area contributed by atoms with E-state index in [9.17, 15) is 14.3 Å². The van der Waals surface area contributed by atoms with Gasteiger partial charge in [-0.05, 0) is 48.9 Å². The van der Waals surface area contributed by atoms with E-state index in [-0.39, 0.29) is 24.8 Å². The lowest BCUT2D eigenvalue weighted by molar-refractivity contribution is 0.251. The maximum atomic E-state index is 13.4. The number of urea groups is 1. The van der Waals surface area contributed by atoms with Crippen LogP contribution in [0.1, 0.15) is 16.7 Å². The highest BCUT2D eigenvalue weighted by molar-refractivity contribution is 6.36. The van der Waals surface area contributed by atoms with Crippen LogP contribution in [-0.4, -0.2) is 16.1 Å². The molecule has 3 rings (SSSR count). The van der Waals surface area contributed by atoms with E-state index in [1.807, 2.05) is 0 Å². The zero-order valence-electron chi connectivity index (χ0n) is 15.5. The minimum absolute atomic E-state index is 0.142. The van der Waals surface area contributed by atoms with Crippen molar-refractivity contribution in [2.45, 2.75) is 20.1 Å². The van der Waals surface area contributed by atoms with Gasteiger partial charge in [-0.25, -0.2) is 14.2 Å². The number of aromatic nitrogens is 1. The maximum Gasteiger partial charge on any atom is 0.320 e. The molecule has 5 nitrogen and oxygen atoms in total. The molecule has 2 amide bonds. The van der Waals surface area contributed by atoms with Crippen molar-refractivity contribution in [3.8, 4) is 11.3 Å². The first-order valence-electron chi connectivity index (χ1n) is 8.74. The van der Waals surface area contributed by atoms with Gasteiger partial charge >= 0.3 is 6.03 Å². The third kappa shape index (κ3) is 5.03. The molecule has 0 saturated heterocycles. The Morgan fingerprint density at radius 2 is 1.86 bits per heavy atom. The highest BCUT2D eigenvalue weighted by Crippen LogP contribution is 2.27. The Balaban J connectivity index is 1.78. The van der Waals surface area contributed by atoms with Crippen LogP contribution in [0.3, 0.4) is 0 Å². The molecule has 0 saturated carbocycles. The van der Waals surface area contributed by atoms with Gasteiger partial charge in [0.15, 0.2) is 0 Å². The molecule has 3 N–H and O–H groups in total. The van der Waals surface area contributed by atoms with Crippen molar-refractivity contribution >= 4 is 35.1 Å². The molecule has 0 aliphatic rings. The summed E-state index contributed by atoms with van der Waals surface area (Å²) in [5.74, 6) is -0.0765. The average molecular weight is 434 g/mol. The Hall–Kier alpha value is -2.67. The zero-order valence-corrected chi connectivity index (χ0v) is 17.0. The summed E-state index contributed by atoms with van der Waals surface area (Å²) in [7, 11) is 0. The molecular weight excluding hydrogens is 416 g/mol.